The molecule has 1 aromatic carbocycles. The number of benzene rings is 1. The monoisotopic (exact) mass is 229 g/mol. The van der Waals surface area contributed by atoms with E-state index in [0.717, 1.165) is 17.3 Å². The van der Waals surface area contributed by atoms with E-state index in [-0.39, 0.29) is 0 Å². The molecule has 0 amide bonds. The van der Waals surface area contributed by atoms with Crippen LogP contribution in [0, 0.1) is 0 Å². The Bertz CT molecular complexity index is 278. The van der Waals surface area contributed by atoms with Crippen molar-refractivity contribution in [3.8, 4) is 0 Å². The Kier molecular flexibility index (Phi) is 5.38. The van der Waals surface area contributed by atoms with Crippen molar-refractivity contribution < 1.29 is 0 Å². The number of nitrogens with one attached hydrogen (secondary N) is 1. The van der Waals surface area contributed by atoms with Crippen molar-refractivity contribution in [2.24, 2.45) is 0 Å². The fraction of sp³-hybridized carbons (Fsp3) is 0.455. The van der Waals surface area contributed by atoms with Gasteiger partial charge in [0.25, 0.3) is 0 Å². The molecule has 3 heteroatoms. The van der Waals surface area contributed by atoms with Gasteiger partial charge in [-0.2, -0.15) is 11.8 Å². The molecule has 0 bridgehead atoms. The lowest BCUT2D eigenvalue weighted by Crippen LogP contribution is -2.21. The Hall–Kier alpha value is -0.180. The predicted molar refractivity (Wildman–Crippen MR) is 66.3 cm³/mol. The van der Waals surface area contributed by atoms with Gasteiger partial charge in [-0.1, -0.05) is 29.8 Å². The van der Waals surface area contributed by atoms with E-state index in [2.05, 4.69) is 24.6 Å². The molecule has 0 saturated heterocycles. The van der Waals surface area contributed by atoms with Crippen LogP contribution in [0.4, 0.5) is 0 Å². The van der Waals surface area contributed by atoms with Crippen LogP contribution < -0.4 is 5.32 Å². The third-order valence-corrected chi connectivity index (χ3v) is 3.09. The van der Waals surface area contributed by atoms with E-state index >= 15 is 0 Å². The van der Waals surface area contributed by atoms with Crippen LogP contribution >= 0.6 is 23.4 Å². The molecule has 0 heterocycles. The van der Waals surface area contributed by atoms with Gasteiger partial charge in [0, 0.05) is 23.4 Å². The van der Waals surface area contributed by atoms with E-state index in [9.17, 15) is 0 Å². The van der Waals surface area contributed by atoms with Crippen LogP contribution in [0.25, 0.3) is 0 Å². The van der Waals surface area contributed by atoms with Gasteiger partial charge in [0.2, 0.25) is 0 Å². The number of hydrogen-bond donors (Lipinski definition) is 1. The number of thioether (sulfide) groups is 1. The van der Waals surface area contributed by atoms with Crippen LogP contribution in [0.2, 0.25) is 5.02 Å². The minimum Gasteiger partial charge on any atom is -0.309 e. The molecule has 1 rings (SSSR count). The van der Waals surface area contributed by atoms with E-state index in [4.69, 9.17) is 11.6 Å². The third kappa shape index (κ3) is 3.52. The van der Waals surface area contributed by atoms with Gasteiger partial charge in [0.1, 0.15) is 0 Å². The molecule has 0 aromatic heterocycles. The highest BCUT2D eigenvalue weighted by Crippen LogP contribution is 2.21. The zero-order chi connectivity index (χ0) is 10.4. The Morgan fingerprint density at radius 2 is 2.14 bits per heavy atom. The van der Waals surface area contributed by atoms with Gasteiger partial charge in [0.05, 0.1) is 0 Å². The van der Waals surface area contributed by atoms with Crippen molar-refractivity contribution >= 4 is 23.4 Å². The topological polar surface area (TPSA) is 12.0 Å². The normalized spacial score (nSPS) is 12.8. The van der Waals surface area contributed by atoms with Crippen molar-refractivity contribution in [2.75, 3.05) is 18.6 Å². The highest BCUT2D eigenvalue weighted by atomic mass is 35.5. The second-order valence-electron chi connectivity index (χ2n) is 3.19. The molecule has 1 aromatic rings. The summed E-state index contributed by atoms with van der Waals surface area (Å²) in [6.07, 6.45) is 2.11. The molecule has 0 spiro atoms. The van der Waals surface area contributed by atoms with E-state index in [1.165, 1.54) is 5.56 Å². The second-order valence-corrected chi connectivity index (χ2v) is 4.58. The SMILES string of the molecule is CSCCN[C@@H](C)c1ccccc1Cl. The minimum absolute atomic E-state index is 0.329. The fourth-order valence-electron chi connectivity index (χ4n) is 1.31. The van der Waals surface area contributed by atoms with Gasteiger partial charge >= 0.3 is 0 Å². The Labute approximate surface area is 95.2 Å². The molecule has 0 fully saturated rings. The summed E-state index contributed by atoms with van der Waals surface area (Å²) in [6.45, 7) is 3.16. The van der Waals surface area contributed by atoms with E-state index in [1.807, 2.05) is 30.0 Å². The Morgan fingerprint density at radius 1 is 1.43 bits per heavy atom. The number of rotatable bonds is 5. The summed E-state index contributed by atoms with van der Waals surface area (Å²) in [4.78, 5) is 0. The third-order valence-electron chi connectivity index (χ3n) is 2.13. The first kappa shape index (κ1) is 11.9. The summed E-state index contributed by atoms with van der Waals surface area (Å²) in [5.41, 5.74) is 1.18. The molecular formula is C11H16ClNS. The number of hydrogen-bond acceptors (Lipinski definition) is 2. The lowest BCUT2D eigenvalue weighted by Gasteiger charge is -2.14. The van der Waals surface area contributed by atoms with Gasteiger partial charge in [-0.15, -0.1) is 0 Å². The first-order chi connectivity index (χ1) is 6.75. The average molecular weight is 230 g/mol. The maximum Gasteiger partial charge on any atom is 0.0453 e. The quantitative estimate of drug-likeness (QED) is 0.778. The molecule has 0 aliphatic heterocycles. The summed E-state index contributed by atoms with van der Waals surface area (Å²) in [7, 11) is 0. The van der Waals surface area contributed by atoms with E-state index in [0.29, 0.717) is 6.04 Å². The van der Waals surface area contributed by atoms with Gasteiger partial charge in [0.15, 0.2) is 0 Å². The van der Waals surface area contributed by atoms with Crippen LogP contribution in [0.15, 0.2) is 24.3 Å². The number of halogens is 1. The molecule has 0 radical (unpaired) electrons. The van der Waals surface area contributed by atoms with Crippen molar-refractivity contribution in [1.82, 2.24) is 5.32 Å². The lowest BCUT2D eigenvalue weighted by molar-refractivity contribution is 0.601. The van der Waals surface area contributed by atoms with Gasteiger partial charge in [-0.05, 0) is 24.8 Å². The van der Waals surface area contributed by atoms with Crippen LogP contribution in [-0.4, -0.2) is 18.6 Å². The van der Waals surface area contributed by atoms with Crippen LogP contribution in [-0.2, 0) is 0 Å². The highest BCUT2D eigenvalue weighted by molar-refractivity contribution is 7.98. The minimum atomic E-state index is 0.329. The highest BCUT2D eigenvalue weighted by Gasteiger charge is 2.06. The maximum absolute atomic E-state index is 6.09. The molecule has 0 saturated carbocycles. The van der Waals surface area contributed by atoms with Crippen molar-refractivity contribution in [1.29, 1.82) is 0 Å². The fourth-order valence-corrected chi connectivity index (χ4v) is 1.94. The Balaban J connectivity index is 2.51. The zero-order valence-electron chi connectivity index (χ0n) is 8.59. The molecular weight excluding hydrogens is 214 g/mol. The summed E-state index contributed by atoms with van der Waals surface area (Å²) < 4.78 is 0. The predicted octanol–water partition coefficient (Wildman–Crippen LogP) is 3.35. The smallest absolute Gasteiger partial charge is 0.0453 e. The summed E-state index contributed by atoms with van der Waals surface area (Å²) >= 11 is 7.93. The van der Waals surface area contributed by atoms with Gasteiger partial charge in [-0.3, -0.25) is 0 Å². The molecule has 1 atom stereocenters. The summed E-state index contributed by atoms with van der Waals surface area (Å²) in [6, 6.07) is 8.31. The maximum atomic E-state index is 6.09. The largest absolute Gasteiger partial charge is 0.309 e. The average Bonchev–Trinajstić information content (AvgIpc) is 2.18. The summed E-state index contributed by atoms with van der Waals surface area (Å²) in [5, 5.41) is 4.28. The summed E-state index contributed by atoms with van der Waals surface area (Å²) in [5.74, 6) is 1.13. The van der Waals surface area contributed by atoms with Crippen molar-refractivity contribution in [3.63, 3.8) is 0 Å². The van der Waals surface area contributed by atoms with Crippen molar-refractivity contribution in [2.45, 2.75) is 13.0 Å². The first-order valence-corrected chi connectivity index (χ1v) is 6.49. The van der Waals surface area contributed by atoms with Crippen LogP contribution in [0.1, 0.15) is 18.5 Å². The van der Waals surface area contributed by atoms with Crippen molar-refractivity contribution in [3.05, 3.63) is 34.9 Å². The first-order valence-electron chi connectivity index (χ1n) is 4.72. The van der Waals surface area contributed by atoms with E-state index in [1.54, 1.807) is 0 Å². The molecule has 1 nitrogen and oxygen atoms in total. The molecule has 1 N–H and O–H groups in total. The lowest BCUT2D eigenvalue weighted by atomic mass is 10.1. The Morgan fingerprint density at radius 3 is 2.79 bits per heavy atom. The van der Waals surface area contributed by atoms with Gasteiger partial charge in [-0.25, -0.2) is 0 Å². The van der Waals surface area contributed by atoms with Crippen LogP contribution in [0.5, 0.6) is 0 Å². The standard InChI is InChI=1S/C11H16ClNS/c1-9(13-7-8-14-2)10-5-3-4-6-11(10)12/h3-6,9,13H,7-8H2,1-2H3/t9-/m0/s1. The van der Waals surface area contributed by atoms with Crippen LogP contribution in [0.3, 0.4) is 0 Å². The van der Waals surface area contributed by atoms with Gasteiger partial charge < -0.3 is 5.32 Å². The molecule has 78 valence electrons. The molecule has 0 aliphatic rings. The molecule has 0 aliphatic carbocycles. The molecule has 14 heavy (non-hydrogen) atoms. The zero-order valence-corrected chi connectivity index (χ0v) is 10.2. The van der Waals surface area contributed by atoms with E-state index < -0.39 is 0 Å². The molecule has 0 unspecified atom stereocenters. The second kappa shape index (κ2) is 6.33.